The molecule has 0 spiro atoms. The van der Waals surface area contributed by atoms with Crippen molar-refractivity contribution in [2.75, 3.05) is 32.8 Å². The molecule has 0 radical (unpaired) electrons. The highest BCUT2D eigenvalue weighted by molar-refractivity contribution is 7.89. The van der Waals surface area contributed by atoms with Crippen LogP contribution in [0.15, 0.2) is 23.1 Å². The Labute approximate surface area is 164 Å². The Morgan fingerprint density at radius 3 is 2.39 bits per heavy atom. The standard InChI is InChI=1S/C18H25N3O6S/c1-13-5-6-15(9-14(13)2)28(25,26)20-10-16(22)19-11-18(24)27-12-17(23)21-7-3-4-8-21/h5-6,9,20H,3-4,7-8,10-12H2,1-2H3,(H,19,22). The van der Waals surface area contributed by atoms with Crippen LogP contribution in [0.3, 0.4) is 0 Å². The summed E-state index contributed by atoms with van der Waals surface area (Å²) in [4.78, 5) is 36.8. The number of rotatable bonds is 8. The molecular weight excluding hydrogens is 386 g/mol. The summed E-state index contributed by atoms with van der Waals surface area (Å²) >= 11 is 0. The number of esters is 1. The Hall–Kier alpha value is -2.46. The highest BCUT2D eigenvalue weighted by Gasteiger charge is 2.20. The molecular formula is C18H25N3O6S. The molecule has 0 saturated carbocycles. The summed E-state index contributed by atoms with van der Waals surface area (Å²) in [5.74, 6) is -1.72. The number of aryl methyl sites for hydroxylation is 2. The molecule has 2 amide bonds. The van der Waals surface area contributed by atoms with E-state index in [2.05, 4.69) is 10.0 Å². The lowest BCUT2D eigenvalue weighted by Gasteiger charge is -2.15. The Morgan fingerprint density at radius 1 is 1.07 bits per heavy atom. The number of benzene rings is 1. The summed E-state index contributed by atoms with van der Waals surface area (Å²) in [5, 5.41) is 2.25. The van der Waals surface area contributed by atoms with E-state index < -0.39 is 35.0 Å². The van der Waals surface area contributed by atoms with Crippen LogP contribution in [0.25, 0.3) is 0 Å². The molecule has 9 nitrogen and oxygen atoms in total. The minimum absolute atomic E-state index is 0.0586. The number of nitrogens with zero attached hydrogens (tertiary/aromatic N) is 1. The van der Waals surface area contributed by atoms with Gasteiger partial charge in [-0.15, -0.1) is 0 Å². The molecule has 1 saturated heterocycles. The number of likely N-dealkylation sites (tertiary alicyclic amines) is 1. The Bertz CT molecular complexity index is 847. The van der Waals surface area contributed by atoms with Crippen molar-refractivity contribution >= 4 is 27.8 Å². The van der Waals surface area contributed by atoms with Crippen molar-refractivity contribution in [3.8, 4) is 0 Å². The minimum Gasteiger partial charge on any atom is -0.454 e. The predicted molar refractivity (Wildman–Crippen MR) is 101 cm³/mol. The molecule has 0 atom stereocenters. The van der Waals surface area contributed by atoms with Gasteiger partial charge in [0.25, 0.3) is 5.91 Å². The molecule has 2 N–H and O–H groups in total. The van der Waals surface area contributed by atoms with Crippen LogP contribution in [0.1, 0.15) is 24.0 Å². The average Bonchev–Trinajstić information content (AvgIpc) is 3.19. The normalized spacial score (nSPS) is 14.0. The fourth-order valence-electron chi connectivity index (χ4n) is 2.61. The largest absolute Gasteiger partial charge is 0.454 e. The van der Waals surface area contributed by atoms with E-state index in [0.717, 1.165) is 24.0 Å². The molecule has 28 heavy (non-hydrogen) atoms. The van der Waals surface area contributed by atoms with Crippen LogP contribution in [0.2, 0.25) is 0 Å². The summed E-state index contributed by atoms with van der Waals surface area (Å²) in [5.41, 5.74) is 1.77. The first kappa shape index (κ1) is 21.8. The van der Waals surface area contributed by atoms with Gasteiger partial charge < -0.3 is 15.0 Å². The molecule has 0 bridgehead atoms. The predicted octanol–water partition coefficient (Wildman–Crippen LogP) is -0.136. The number of amides is 2. The van der Waals surface area contributed by atoms with Crippen LogP contribution in [-0.4, -0.2) is 63.9 Å². The zero-order chi connectivity index (χ0) is 20.7. The van der Waals surface area contributed by atoms with Crippen molar-refractivity contribution in [1.29, 1.82) is 0 Å². The molecule has 1 fully saturated rings. The van der Waals surface area contributed by atoms with Gasteiger partial charge in [-0.2, -0.15) is 0 Å². The third-order valence-electron chi connectivity index (χ3n) is 4.46. The summed E-state index contributed by atoms with van der Waals surface area (Å²) in [7, 11) is -3.84. The quantitative estimate of drug-likeness (QED) is 0.575. The van der Waals surface area contributed by atoms with Crippen LogP contribution in [-0.2, 0) is 29.1 Å². The van der Waals surface area contributed by atoms with Gasteiger partial charge in [-0.05, 0) is 49.9 Å². The number of hydrogen-bond donors (Lipinski definition) is 2. The van der Waals surface area contributed by atoms with Crippen LogP contribution in [0.5, 0.6) is 0 Å². The molecule has 1 heterocycles. The first-order chi connectivity index (χ1) is 13.2. The lowest BCUT2D eigenvalue weighted by atomic mass is 10.1. The minimum atomic E-state index is -3.84. The maximum atomic E-state index is 12.2. The zero-order valence-corrected chi connectivity index (χ0v) is 16.8. The van der Waals surface area contributed by atoms with Crippen LogP contribution >= 0.6 is 0 Å². The van der Waals surface area contributed by atoms with E-state index in [4.69, 9.17) is 4.74 Å². The van der Waals surface area contributed by atoms with E-state index in [0.29, 0.717) is 13.1 Å². The number of carbonyl (C=O) groups excluding carboxylic acids is 3. The van der Waals surface area contributed by atoms with Crippen molar-refractivity contribution in [3.63, 3.8) is 0 Å². The van der Waals surface area contributed by atoms with Gasteiger partial charge in [0, 0.05) is 13.1 Å². The molecule has 10 heteroatoms. The van der Waals surface area contributed by atoms with Gasteiger partial charge in [-0.1, -0.05) is 6.07 Å². The van der Waals surface area contributed by atoms with Crippen LogP contribution < -0.4 is 10.0 Å². The molecule has 0 unspecified atom stereocenters. The monoisotopic (exact) mass is 411 g/mol. The molecule has 1 aliphatic heterocycles. The Kier molecular flexibility index (Phi) is 7.53. The Morgan fingerprint density at radius 2 is 1.75 bits per heavy atom. The molecule has 154 valence electrons. The average molecular weight is 411 g/mol. The second-order valence-electron chi connectivity index (χ2n) is 6.60. The van der Waals surface area contributed by atoms with Crippen molar-refractivity contribution in [3.05, 3.63) is 29.3 Å². The lowest BCUT2D eigenvalue weighted by Crippen LogP contribution is -2.40. The first-order valence-corrected chi connectivity index (χ1v) is 10.4. The Balaban J connectivity index is 1.72. The van der Waals surface area contributed by atoms with E-state index in [1.165, 1.54) is 12.1 Å². The van der Waals surface area contributed by atoms with E-state index in [1.54, 1.807) is 17.9 Å². The molecule has 0 aliphatic carbocycles. The fraction of sp³-hybridized carbons (Fsp3) is 0.500. The van der Waals surface area contributed by atoms with E-state index in [9.17, 15) is 22.8 Å². The van der Waals surface area contributed by atoms with E-state index in [-0.39, 0.29) is 17.4 Å². The topological polar surface area (TPSA) is 122 Å². The summed E-state index contributed by atoms with van der Waals surface area (Å²) in [6.07, 6.45) is 1.88. The third kappa shape index (κ3) is 6.31. The van der Waals surface area contributed by atoms with Crippen molar-refractivity contribution in [2.45, 2.75) is 31.6 Å². The molecule has 1 aliphatic rings. The van der Waals surface area contributed by atoms with Gasteiger partial charge in [0.05, 0.1) is 11.4 Å². The summed E-state index contributed by atoms with van der Waals surface area (Å²) in [6, 6.07) is 4.66. The second kappa shape index (κ2) is 9.65. The van der Waals surface area contributed by atoms with Crippen molar-refractivity contribution in [1.82, 2.24) is 14.9 Å². The van der Waals surface area contributed by atoms with Gasteiger partial charge in [0.15, 0.2) is 6.61 Å². The zero-order valence-electron chi connectivity index (χ0n) is 16.0. The highest BCUT2D eigenvalue weighted by atomic mass is 32.2. The van der Waals surface area contributed by atoms with E-state index >= 15 is 0 Å². The highest BCUT2D eigenvalue weighted by Crippen LogP contribution is 2.14. The molecule has 1 aromatic rings. The van der Waals surface area contributed by atoms with Crippen molar-refractivity contribution in [2.24, 2.45) is 0 Å². The fourth-order valence-corrected chi connectivity index (χ4v) is 3.68. The number of ether oxygens (including phenoxy) is 1. The smallest absolute Gasteiger partial charge is 0.325 e. The van der Waals surface area contributed by atoms with Crippen LogP contribution in [0, 0.1) is 13.8 Å². The number of sulfonamides is 1. The van der Waals surface area contributed by atoms with Crippen molar-refractivity contribution < 1.29 is 27.5 Å². The number of nitrogens with one attached hydrogen (secondary N) is 2. The van der Waals surface area contributed by atoms with Gasteiger partial charge in [0.1, 0.15) is 6.54 Å². The van der Waals surface area contributed by atoms with Gasteiger partial charge in [-0.3, -0.25) is 14.4 Å². The lowest BCUT2D eigenvalue weighted by molar-refractivity contribution is -0.151. The van der Waals surface area contributed by atoms with Crippen LogP contribution in [0.4, 0.5) is 0 Å². The number of hydrogen-bond acceptors (Lipinski definition) is 6. The number of carbonyl (C=O) groups is 3. The van der Waals surface area contributed by atoms with Gasteiger partial charge in [-0.25, -0.2) is 13.1 Å². The SMILES string of the molecule is Cc1ccc(S(=O)(=O)NCC(=O)NCC(=O)OCC(=O)N2CCCC2)cc1C. The van der Waals surface area contributed by atoms with Gasteiger partial charge in [0.2, 0.25) is 15.9 Å². The molecule has 1 aromatic carbocycles. The molecule has 2 rings (SSSR count). The maximum Gasteiger partial charge on any atom is 0.325 e. The van der Waals surface area contributed by atoms with Gasteiger partial charge >= 0.3 is 5.97 Å². The summed E-state index contributed by atoms with van der Waals surface area (Å²) < 4.78 is 31.4. The first-order valence-electron chi connectivity index (χ1n) is 8.96. The third-order valence-corrected chi connectivity index (χ3v) is 5.86. The summed E-state index contributed by atoms with van der Waals surface area (Å²) in [6.45, 7) is 3.65. The van der Waals surface area contributed by atoms with E-state index in [1.807, 2.05) is 6.92 Å². The maximum absolute atomic E-state index is 12.2. The second-order valence-corrected chi connectivity index (χ2v) is 8.36. The molecule has 0 aromatic heterocycles.